The zero-order chi connectivity index (χ0) is 26.5. The van der Waals surface area contributed by atoms with Gasteiger partial charge in [0.25, 0.3) is 0 Å². The Morgan fingerprint density at radius 2 is 1.86 bits per heavy atom. The van der Waals surface area contributed by atoms with Gasteiger partial charge in [-0.15, -0.1) is 0 Å². The van der Waals surface area contributed by atoms with Gasteiger partial charge in [0.15, 0.2) is 0 Å². The highest BCUT2D eigenvalue weighted by molar-refractivity contribution is 5.94. The number of urea groups is 1. The van der Waals surface area contributed by atoms with Crippen molar-refractivity contribution in [3.8, 4) is 11.5 Å². The quantitative estimate of drug-likeness (QED) is 0.390. The van der Waals surface area contributed by atoms with E-state index in [0.29, 0.717) is 6.54 Å². The van der Waals surface area contributed by atoms with E-state index in [4.69, 9.17) is 9.47 Å². The maximum Gasteiger partial charge on any atom is 0.322 e. The van der Waals surface area contributed by atoms with E-state index in [0.717, 1.165) is 84.5 Å². The smallest absolute Gasteiger partial charge is 0.322 e. The highest BCUT2D eigenvalue weighted by Crippen LogP contribution is 2.37. The summed E-state index contributed by atoms with van der Waals surface area (Å²) in [6.45, 7) is 8.97. The highest BCUT2D eigenvalue weighted by atomic mass is 16.5. The summed E-state index contributed by atoms with van der Waals surface area (Å²) in [6, 6.07) is 9.72. The molecule has 0 aromatic heterocycles. The predicted molar refractivity (Wildman–Crippen MR) is 147 cm³/mol. The van der Waals surface area contributed by atoms with E-state index < -0.39 is 0 Å². The molecule has 2 aliphatic rings. The van der Waals surface area contributed by atoms with Crippen molar-refractivity contribution < 1.29 is 19.1 Å². The molecule has 7 nitrogen and oxygen atoms in total. The van der Waals surface area contributed by atoms with Gasteiger partial charge in [0, 0.05) is 35.0 Å². The minimum Gasteiger partial charge on any atom is -0.496 e. The summed E-state index contributed by atoms with van der Waals surface area (Å²) in [7, 11) is 1.63. The van der Waals surface area contributed by atoms with Crippen LogP contribution in [0.3, 0.4) is 0 Å². The predicted octanol–water partition coefficient (Wildman–Crippen LogP) is 6.81. The van der Waals surface area contributed by atoms with Gasteiger partial charge in [0.2, 0.25) is 5.91 Å². The Bertz CT molecular complexity index is 1120. The van der Waals surface area contributed by atoms with Crippen LogP contribution in [0.1, 0.15) is 75.5 Å². The van der Waals surface area contributed by atoms with Crippen molar-refractivity contribution in [2.24, 2.45) is 5.92 Å². The number of hydrogen-bond acceptors (Lipinski definition) is 4. The first-order chi connectivity index (χ1) is 17.8. The van der Waals surface area contributed by atoms with E-state index in [1.54, 1.807) is 7.11 Å². The third-order valence-corrected chi connectivity index (χ3v) is 7.92. The fraction of sp³-hybridized carbons (Fsp3) is 0.533. The van der Waals surface area contributed by atoms with Crippen LogP contribution < -0.4 is 20.1 Å². The molecule has 1 unspecified atom stereocenters. The van der Waals surface area contributed by atoms with Crippen LogP contribution in [-0.2, 0) is 11.3 Å². The second kappa shape index (κ2) is 11.9. The largest absolute Gasteiger partial charge is 0.496 e. The van der Waals surface area contributed by atoms with Gasteiger partial charge in [0.05, 0.1) is 19.8 Å². The van der Waals surface area contributed by atoms with Crippen LogP contribution in [0, 0.1) is 19.8 Å². The van der Waals surface area contributed by atoms with Crippen LogP contribution >= 0.6 is 0 Å². The second-order valence-corrected chi connectivity index (χ2v) is 10.4. The molecule has 1 fully saturated rings. The first kappa shape index (κ1) is 26.8. The highest BCUT2D eigenvalue weighted by Gasteiger charge is 2.35. The number of nitrogens with one attached hydrogen (secondary N) is 2. The average molecular weight is 508 g/mol. The van der Waals surface area contributed by atoms with Crippen LogP contribution in [-0.4, -0.2) is 36.1 Å². The van der Waals surface area contributed by atoms with Crippen molar-refractivity contribution in [3.63, 3.8) is 0 Å². The molecule has 37 heavy (non-hydrogen) atoms. The lowest BCUT2D eigenvalue weighted by Crippen LogP contribution is -2.47. The van der Waals surface area contributed by atoms with Gasteiger partial charge in [-0.2, -0.15) is 0 Å². The molecule has 3 amide bonds. The monoisotopic (exact) mass is 507 g/mol. The van der Waals surface area contributed by atoms with Crippen LogP contribution in [0.5, 0.6) is 11.5 Å². The summed E-state index contributed by atoms with van der Waals surface area (Å²) in [4.78, 5) is 27.9. The fourth-order valence-corrected chi connectivity index (χ4v) is 5.55. The molecule has 2 aromatic rings. The standard InChI is InChI=1S/C30H41N3O4/c1-6-8-24(7-2)37-27-16-15-26-25(20(27)4)18-33(30(35)32-26)23-13-10-21(11-14-23)29(34)31-22-12-9-19(3)28(17-22)36-5/h9,12,15-17,21,23-24H,6-8,10-11,13-14,18H2,1-5H3,(H,31,34)(H,32,35). The Morgan fingerprint density at radius 1 is 1.11 bits per heavy atom. The topological polar surface area (TPSA) is 79.9 Å². The third-order valence-electron chi connectivity index (χ3n) is 7.92. The molecule has 0 saturated heterocycles. The lowest BCUT2D eigenvalue weighted by molar-refractivity contribution is -0.121. The first-order valence-electron chi connectivity index (χ1n) is 13.7. The molecule has 7 heteroatoms. The van der Waals surface area contributed by atoms with Gasteiger partial charge in [-0.1, -0.05) is 26.3 Å². The zero-order valence-electron chi connectivity index (χ0n) is 22.9. The number of methoxy groups -OCH3 is 1. The fourth-order valence-electron chi connectivity index (χ4n) is 5.55. The number of carbonyl (C=O) groups excluding carboxylic acids is 2. The van der Waals surface area contributed by atoms with Crippen LogP contribution in [0.25, 0.3) is 0 Å². The van der Waals surface area contributed by atoms with Crippen molar-refractivity contribution in [1.29, 1.82) is 0 Å². The maximum atomic E-state index is 13.0. The molecular formula is C30H41N3O4. The molecule has 1 heterocycles. The summed E-state index contributed by atoms with van der Waals surface area (Å²) in [5, 5.41) is 6.14. The van der Waals surface area contributed by atoms with E-state index in [-0.39, 0.29) is 30.0 Å². The Labute approximate surface area is 220 Å². The summed E-state index contributed by atoms with van der Waals surface area (Å²) in [5.74, 6) is 1.64. The van der Waals surface area contributed by atoms with E-state index in [2.05, 4.69) is 31.4 Å². The number of aryl methyl sites for hydroxylation is 1. The minimum atomic E-state index is -0.0602. The summed E-state index contributed by atoms with van der Waals surface area (Å²) in [6.07, 6.45) is 6.43. The van der Waals surface area contributed by atoms with Crippen molar-refractivity contribution in [2.45, 2.75) is 91.3 Å². The molecule has 200 valence electrons. The molecule has 2 aromatic carbocycles. The Hall–Kier alpha value is -3.22. The minimum absolute atomic E-state index is 0.0352. The molecule has 0 spiro atoms. The van der Waals surface area contributed by atoms with E-state index in [1.165, 1.54) is 0 Å². The van der Waals surface area contributed by atoms with Gasteiger partial charge in [-0.25, -0.2) is 4.79 Å². The SMILES string of the molecule is CCCC(CC)Oc1ccc2c(c1C)CN(C1CCC(C(=O)Nc3ccc(C)c(OC)c3)CC1)C(=O)N2. The van der Waals surface area contributed by atoms with Gasteiger partial charge in [0.1, 0.15) is 11.5 Å². The molecule has 1 saturated carbocycles. The molecule has 1 aliphatic heterocycles. The number of amides is 3. The number of hydrogen-bond donors (Lipinski definition) is 2. The molecule has 0 bridgehead atoms. The van der Waals surface area contributed by atoms with Crippen molar-refractivity contribution in [3.05, 3.63) is 47.0 Å². The average Bonchev–Trinajstić information content (AvgIpc) is 2.90. The molecular weight excluding hydrogens is 466 g/mol. The van der Waals surface area contributed by atoms with Gasteiger partial charge >= 0.3 is 6.03 Å². The number of carbonyl (C=O) groups is 2. The lowest BCUT2D eigenvalue weighted by Gasteiger charge is -2.39. The Kier molecular flexibility index (Phi) is 8.62. The van der Waals surface area contributed by atoms with E-state index >= 15 is 0 Å². The van der Waals surface area contributed by atoms with E-state index in [9.17, 15) is 9.59 Å². The molecule has 4 rings (SSSR count). The number of benzene rings is 2. The number of ether oxygens (including phenoxy) is 2. The summed E-state index contributed by atoms with van der Waals surface area (Å²) >= 11 is 0. The summed E-state index contributed by atoms with van der Waals surface area (Å²) in [5.41, 5.74) is 4.87. The van der Waals surface area contributed by atoms with Gasteiger partial charge in [-0.3, -0.25) is 4.79 Å². The molecule has 1 atom stereocenters. The normalized spacial score (nSPS) is 20.0. The van der Waals surface area contributed by atoms with Crippen molar-refractivity contribution >= 4 is 23.3 Å². The third kappa shape index (κ3) is 6.03. The first-order valence-corrected chi connectivity index (χ1v) is 13.7. The number of nitrogens with zero attached hydrogens (tertiary/aromatic N) is 1. The van der Waals surface area contributed by atoms with Crippen LogP contribution in [0.4, 0.5) is 16.2 Å². The number of anilines is 2. The molecule has 2 N–H and O–H groups in total. The molecule has 1 aliphatic carbocycles. The van der Waals surface area contributed by atoms with Gasteiger partial charge in [-0.05, 0) is 81.7 Å². The lowest BCUT2D eigenvalue weighted by atomic mass is 9.84. The van der Waals surface area contributed by atoms with Crippen molar-refractivity contribution in [2.75, 3.05) is 17.7 Å². The number of fused-ring (bicyclic) bond motifs is 1. The number of rotatable bonds is 9. The summed E-state index contributed by atoms with van der Waals surface area (Å²) < 4.78 is 11.7. The zero-order valence-corrected chi connectivity index (χ0v) is 22.9. The van der Waals surface area contributed by atoms with Crippen molar-refractivity contribution in [1.82, 2.24) is 4.90 Å². The second-order valence-electron chi connectivity index (χ2n) is 10.4. The Morgan fingerprint density at radius 3 is 2.54 bits per heavy atom. The van der Waals surface area contributed by atoms with Gasteiger partial charge < -0.3 is 25.0 Å². The maximum absolute atomic E-state index is 13.0. The molecule has 0 radical (unpaired) electrons. The van der Waals surface area contributed by atoms with Crippen LogP contribution in [0.15, 0.2) is 30.3 Å². The van der Waals surface area contributed by atoms with E-state index in [1.807, 2.05) is 42.2 Å². The Balaban J connectivity index is 1.38. The van der Waals surface area contributed by atoms with Crippen LogP contribution in [0.2, 0.25) is 0 Å².